The van der Waals surface area contributed by atoms with Crippen molar-refractivity contribution in [3.63, 3.8) is 0 Å². The number of benzene rings is 2. The van der Waals surface area contributed by atoms with E-state index in [2.05, 4.69) is 22.0 Å². The van der Waals surface area contributed by atoms with Crippen LogP contribution in [-0.4, -0.2) is 46.1 Å². The van der Waals surface area contributed by atoms with Crippen molar-refractivity contribution in [2.24, 2.45) is 0 Å². The van der Waals surface area contributed by atoms with Crippen LogP contribution in [0.4, 0.5) is 4.39 Å². The van der Waals surface area contributed by atoms with Gasteiger partial charge in [-0.15, -0.1) is 10.2 Å². The highest BCUT2D eigenvalue weighted by molar-refractivity contribution is 7.99. The van der Waals surface area contributed by atoms with Gasteiger partial charge in [0, 0.05) is 11.4 Å². The number of halogens is 1. The number of rotatable bonds is 8. The van der Waals surface area contributed by atoms with E-state index in [0.717, 1.165) is 28.2 Å². The van der Waals surface area contributed by atoms with Gasteiger partial charge >= 0.3 is 0 Å². The molecule has 0 N–H and O–H groups in total. The molecule has 1 atom stereocenters. The Hall–Kier alpha value is -2.38. The van der Waals surface area contributed by atoms with E-state index in [0.29, 0.717) is 6.61 Å². The maximum Gasteiger partial charge on any atom is 0.196 e. The van der Waals surface area contributed by atoms with Crippen molar-refractivity contribution in [3.8, 4) is 11.4 Å². The van der Waals surface area contributed by atoms with E-state index in [1.807, 2.05) is 49.9 Å². The van der Waals surface area contributed by atoms with Gasteiger partial charge in [0.2, 0.25) is 0 Å². The van der Waals surface area contributed by atoms with Crippen molar-refractivity contribution in [1.82, 2.24) is 19.7 Å². The lowest BCUT2D eigenvalue weighted by Crippen LogP contribution is -2.20. The Bertz CT molecular complexity index is 911. The summed E-state index contributed by atoms with van der Waals surface area (Å²) >= 11 is 1.57. The van der Waals surface area contributed by atoms with Crippen LogP contribution in [-0.2, 0) is 0 Å². The predicted octanol–water partition coefficient (Wildman–Crippen LogP) is 4.51. The number of hydrogen-bond acceptors (Lipinski definition) is 5. The number of thioether (sulfide) groups is 1. The Morgan fingerprint density at radius 2 is 1.89 bits per heavy atom. The molecule has 0 saturated carbocycles. The lowest BCUT2D eigenvalue weighted by atomic mass is 10.2. The van der Waals surface area contributed by atoms with E-state index < -0.39 is 0 Å². The third-order valence-electron chi connectivity index (χ3n) is 4.46. The number of aromatic nitrogens is 3. The molecule has 1 heterocycles. The molecule has 0 saturated heterocycles. The molecule has 2 aromatic carbocycles. The summed E-state index contributed by atoms with van der Waals surface area (Å²) in [5, 5.41) is 9.54. The van der Waals surface area contributed by atoms with Crippen molar-refractivity contribution in [3.05, 3.63) is 65.7 Å². The zero-order valence-electron chi connectivity index (χ0n) is 16.6. The average molecular weight is 401 g/mol. The number of ether oxygens (including phenoxy) is 1. The Morgan fingerprint density at radius 3 is 2.57 bits per heavy atom. The molecule has 5 nitrogen and oxygen atoms in total. The summed E-state index contributed by atoms with van der Waals surface area (Å²) in [7, 11) is 3.99. The molecule has 0 aliphatic rings. The molecule has 148 valence electrons. The van der Waals surface area contributed by atoms with Gasteiger partial charge in [-0.3, -0.25) is 9.47 Å². The molecule has 0 bridgehead atoms. The quantitative estimate of drug-likeness (QED) is 0.411. The van der Waals surface area contributed by atoms with Gasteiger partial charge in [0.25, 0.3) is 0 Å². The first-order valence-corrected chi connectivity index (χ1v) is 10.1. The standard InChI is InChI=1S/C21H25FN4OS/c1-15-6-5-7-19(14-15)27-12-13-28-21-24-23-20(16(2)25(3)4)26(21)18-10-8-17(22)9-11-18/h5-11,14,16H,12-13H2,1-4H3/t16-/m1/s1. The number of aryl methyl sites for hydroxylation is 1. The third kappa shape index (κ3) is 4.91. The van der Waals surface area contributed by atoms with E-state index in [4.69, 9.17) is 4.74 Å². The van der Waals surface area contributed by atoms with E-state index in [9.17, 15) is 4.39 Å². The largest absolute Gasteiger partial charge is 0.493 e. The van der Waals surface area contributed by atoms with Crippen molar-refractivity contribution >= 4 is 11.8 Å². The summed E-state index contributed by atoms with van der Waals surface area (Å²) in [5.74, 6) is 2.14. The molecule has 0 unspecified atom stereocenters. The van der Waals surface area contributed by atoms with Crippen LogP contribution in [0.5, 0.6) is 5.75 Å². The Balaban J connectivity index is 1.75. The topological polar surface area (TPSA) is 43.2 Å². The first-order chi connectivity index (χ1) is 13.5. The molecule has 0 aliphatic carbocycles. The fourth-order valence-electron chi connectivity index (χ4n) is 2.71. The second-order valence-corrected chi connectivity index (χ2v) is 7.87. The molecule has 1 aromatic heterocycles. The highest BCUT2D eigenvalue weighted by Gasteiger charge is 2.20. The van der Waals surface area contributed by atoms with Crippen LogP contribution >= 0.6 is 11.8 Å². The number of nitrogens with zero attached hydrogens (tertiary/aromatic N) is 4. The first-order valence-electron chi connectivity index (χ1n) is 9.15. The first kappa shape index (κ1) is 20.4. The van der Waals surface area contributed by atoms with Gasteiger partial charge in [0.15, 0.2) is 11.0 Å². The zero-order chi connectivity index (χ0) is 20.1. The molecule has 0 amide bonds. The van der Waals surface area contributed by atoms with Gasteiger partial charge in [-0.05, 0) is 69.9 Å². The summed E-state index contributed by atoms with van der Waals surface area (Å²) in [6.07, 6.45) is 0. The van der Waals surface area contributed by atoms with E-state index in [1.54, 1.807) is 23.9 Å². The normalized spacial score (nSPS) is 12.4. The predicted molar refractivity (Wildman–Crippen MR) is 111 cm³/mol. The molecule has 28 heavy (non-hydrogen) atoms. The van der Waals surface area contributed by atoms with E-state index >= 15 is 0 Å². The SMILES string of the molecule is Cc1cccc(OCCSc2nnc([C@@H](C)N(C)C)n2-c2ccc(F)cc2)c1. The highest BCUT2D eigenvalue weighted by Crippen LogP contribution is 2.27. The van der Waals surface area contributed by atoms with E-state index in [1.165, 1.54) is 17.7 Å². The van der Waals surface area contributed by atoms with Gasteiger partial charge in [0.1, 0.15) is 11.6 Å². The van der Waals surface area contributed by atoms with Crippen molar-refractivity contribution in [2.45, 2.75) is 25.0 Å². The van der Waals surface area contributed by atoms with Crippen LogP contribution < -0.4 is 4.74 Å². The molecule has 0 fully saturated rings. The Labute approximate surface area is 169 Å². The van der Waals surface area contributed by atoms with Crippen LogP contribution in [0.25, 0.3) is 5.69 Å². The van der Waals surface area contributed by atoms with Crippen molar-refractivity contribution in [1.29, 1.82) is 0 Å². The lowest BCUT2D eigenvalue weighted by molar-refractivity contribution is 0.305. The van der Waals surface area contributed by atoms with Gasteiger partial charge in [-0.2, -0.15) is 0 Å². The van der Waals surface area contributed by atoms with Crippen LogP contribution in [0.3, 0.4) is 0 Å². The number of hydrogen-bond donors (Lipinski definition) is 0. The summed E-state index contributed by atoms with van der Waals surface area (Å²) in [6, 6.07) is 14.5. The van der Waals surface area contributed by atoms with Gasteiger partial charge in [0.05, 0.1) is 12.6 Å². The zero-order valence-corrected chi connectivity index (χ0v) is 17.4. The van der Waals surface area contributed by atoms with Gasteiger partial charge in [-0.1, -0.05) is 23.9 Å². The van der Waals surface area contributed by atoms with Gasteiger partial charge in [-0.25, -0.2) is 4.39 Å². The lowest BCUT2D eigenvalue weighted by Gasteiger charge is -2.20. The molecule has 0 radical (unpaired) electrons. The summed E-state index contributed by atoms with van der Waals surface area (Å²) in [5.41, 5.74) is 2.01. The third-order valence-corrected chi connectivity index (χ3v) is 5.36. The Morgan fingerprint density at radius 1 is 1.14 bits per heavy atom. The average Bonchev–Trinajstić information content (AvgIpc) is 3.09. The maximum absolute atomic E-state index is 13.4. The van der Waals surface area contributed by atoms with E-state index in [-0.39, 0.29) is 11.9 Å². The van der Waals surface area contributed by atoms with Crippen molar-refractivity contribution in [2.75, 3.05) is 26.5 Å². The molecular formula is C21H25FN4OS. The Kier molecular flexibility index (Phi) is 6.70. The minimum Gasteiger partial charge on any atom is -0.493 e. The minimum absolute atomic E-state index is 0.0652. The smallest absolute Gasteiger partial charge is 0.196 e. The molecular weight excluding hydrogens is 375 g/mol. The van der Waals surface area contributed by atoms with Crippen LogP contribution in [0, 0.1) is 12.7 Å². The van der Waals surface area contributed by atoms with Crippen LogP contribution in [0.2, 0.25) is 0 Å². The molecule has 0 spiro atoms. The molecule has 7 heteroatoms. The summed E-state index contributed by atoms with van der Waals surface area (Å²) in [6.45, 7) is 4.67. The van der Waals surface area contributed by atoms with Crippen molar-refractivity contribution < 1.29 is 9.13 Å². The van der Waals surface area contributed by atoms with Crippen LogP contribution in [0.1, 0.15) is 24.4 Å². The molecule has 0 aliphatic heterocycles. The fraction of sp³-hybridized carbons (Fsp3) is 0.333. The highest BCUT2D eigenvalue weighted by atomic mass is 32.2. The second kappa shape index (κ2) is 9.21. The molecule has 3 rings (SSSR count). The monoisotopic (exact) mass is 400 g/mol. The summed E-state index contributed by atoms with van der Waals surface area (Å²) < 4.78 is 21.2. The van der Waals surface area contributed by atoms with Gasteiger partial charge < -0.3 is 4.74 Å². The summed E-state index contributed by atoms with van der Waals surface area (Å²) in [4.78, 5) is 2.07. The minimum atomic E-state index is -0.264. The maximum atomic E-state index is 13.4. The molecule has 3 aromatic rings. The second-order valence-electron chi connectivity index (χ2n) is 6.81. The fourth-order valence-corrected chi connectivity index (χ4v) is 3.48. The van der Waals surface area contributed by atoms with Crippen LogP contribution in [0.15, 0.2) is 53.7 Å².